The fourth-order valence-corrected chi connectivity index (χ4v) is 1.57. The third-order valence-corrected chi connectivity index (χ3v) is 2.34. The van der Waals surface area contributed by atoms with Crippen LogP contribution in [0.4, 0.5) is 0 Å². The largest absolute Gasteiger partial charge is 0.466 e. The molecule has 1 fully saturated rings. The maximum atomic E-state index is 11.0. The number of hydrogen-bond acceptors (Lipinski definition) is 3. The number of esters is 1. The smallest absolute Gasteiger partial charge is 0.307 e. The number of hydrogen-bond donors (Lipinski definition) is 1. The summed E-state index contributed by atoms with van der Waals surface area (Å²) in [5.74, 6) is -0.111. The summed E-state index contributed by atoms with van der Waals surface area (Å²) in [4.78, 5) is 11.0. The molecule has 1 heterocycles. The van der Waals surface area contributed by atoms with Gasteiger partial charge in [0.05, 0.1) is 13.0 Å². The topological polar surface area (TPSA) is 52.4 Å². The lowest BCUT2D eigenvalue weighted by atomic mass is 10.1. The summed E-state index contributed by atoms with van der Waals surface area (Å²) in [5.41, 5.74) is 0. The van der Waals surface area contributed by atoms with Crippen molar-refractivity contribution in [2.75, 3.05) is 26.2 Å². The van der Waals surface area contributed by atoms with E-state index in [2.05, 4.69) is 10.6 Å². The van der Waals surface area contributed by atoms with Crippen LogP contribution in [0, 0.1) is 0 Å². The molecule has 0 amide bonds. The summed E-state index contributed by atoms with van der Waals surface area (Å²) in [5, 5.41) is 7.62. The molecule has 0 aromatic heterocycles. The average Bonchev–Trinajstić information content (AvgIpc) is 2.20. The highest BCUT2D eigenvalue weighted by Crippen LogP contribution is 2.02. The van der Waals surface area contributed by atoms with Gasteiger partial charge in [-0.3, -0.25) is 4.79 Å². The summed E-state index contributed by atoms with van der Waals surface area (Å²) in [6, 6.07) is 0.543. The molecule has 0 saturated carbocycles. The molecule has 4 nitrogen and oxygen atoms in total. The number of carbonyl (C=O) groups is 1. The van der Waals surface area contributed by atoms with E-state index in [9.17, 15) is 4.79 Å². The van der Waals surface area contributed by atoms with Gasteiger partial charge in [-0.1, -0.05) is 0 Å². The van der Waals surface area contributed by atoms with E-state index < -0.39 is 0 Å². The van der Waals surface area contributed by atoms with Gasteiger partial charge in [0.2, 0.25) is 0 Å². The number of ether oxygens (including phenoxy) is 1. The van der Waals surface area contributed by atoms with E-state index >= 15 is 0 Å². The zero-order chi connectivity index (χ0) is 10.2. The Morgan fingerprint density at radius 1 is 1.50 bits per heavy atom. The van der Waals surface area contributed by atoms with Crippen LogP contribution in [0.15, 0.2) is 0 Å². The highest BCUT2D eigenvalue weighted by Gasteiger charge is 2.12. The Morgan fingerprint density at radius 2 is 2.21 bits per heavy atom. The first-order valence-electron chi connectivity index (χ1n) is 5.35. The van der Waals surface area contributed by atoms with Crippen LogP contribution in [0.2, 0.25) is 0 Å². The molecule has 1 rings (SSSR count). The highest BCUT2D eigenvalue weighted by atomic mass is 16.5. The molecule has 14 heavy (non-hydrogen) atoms. The van der Waals surface area contributed by atoms with Gasteiger partial charge in [0.1, 0.15) is 0 Å². The maximum absolute atomic E-state index is 11.0. The number of carbonyl (C=O) groups excluding carboxylic acids is 1. The Kier molecular flexibility index (Phi) is 5.56. The minimum Gasteiger partial charge on any atom is -0.466 e. The van der Waals surface area contributed by atoms with Gasteiger partial charge in [-0.25, -0.2) is 5.32 Å². The summed E-state index contributed by atoms with van der Waals surface area (Å²) >= 11 is 0. The molecule has 1 aliphatic rings. The molecule has 1 aliphatic heterocycles. The van der Waals surface area contributed by atoms with Gasteiger partial charge in [0.15, 0.2) is 0 Å². The molecule has 0 aromatic carbocycles. The first kappa shape index (κ1) is 11.5. The first-order valence-corrected chi connectivity index (χ1v) is 5.35. The standard InChI is InChI=1S/C10H19N2O2/c1-2-14-10(13)5-8-12-9-3-6-11-7-4-9/h9,12H,2-8H2,1H3. The predicted octanol–water partition coefficient (Wildman–Crippen LogP) is 0.296. The molecule has 1 saturated heterocycles. The monoisotopic (exact) mass is 199 g/mol. The van der Waals surface area contributed by atoms with Crippen LogP contribution >= 0.6 is 0 Å². The predicted molar refractivity (Wildman–Crippen MR) is 54.1 cm³/mol. The van der Waals surface area contributed by atoms with Gasteiger partial charge in [-0.2, -0.15) is 0 Å². The van der Waals surface area contributed by atoms with E-state index in [1.807, 2.05) is 6.92 Å². The van der Waals surface area contributed by atoms with Gasteiger partial charge < -0.3 is 10.1 Å². The fraction of sp³-hybridized carbons (Fsp3) is 0.900. The number of piperidine rings is 1. The van der Waals surface area contributed by atoms with Crippen molar-refractivity contribution in [3.63, 3.8) is 0 Å². The molecule has 0 unspecified atom stereocenters. The minimum atomic E-state index is -0.111. The molecule has 81 valence electrons. The molecule has 0 atom stereocenters. The van der Waals surface area contributed by atoms with Crippen molar-refractivity contribution < 1.29 is 9.53 Å². The summed E-state index contributed by atoms with van der Waals surface area (Å²) < 4.78 is 4.83. The molecule has 4 heteroatoms. The molecule has 1 N–H and O–H groups in total. The lowest BCUT2D eigenvalue weighted by molar-refractivity contribution is -0.143. The second-order valence-electron chi connectivity index (χ2n) is 3.45. The number of nitrogens with one attached hydrogen (secondary N) is 1. The van der Waals surface area contributed by atoms with E-state index in [1.54, 1.807) is 0 Å². The Hall–Kier alpha value is -0.610. The Bertz CT molecular complexity index is 168. The lowest BCUT2D eigenvalue weighted by Crippen LogP contribution is -2.38. The number of nitrogens with zero attached hydrogens (tertiary/aromatic N) is 1. The summed E-state index contributed by atoms with van der Waals surface area (Å²) in [7, 11) is 0. The maximum Gasteiger partial charge on any atom is 0.307 e. The summed E-state index contributed by atoms with van der Waals surface area (Å²) in [6.07, 6.45) is 2.67. The number of rotatable bonds is 5. The molecule has 0 spiro atoms. The van der Waals surface area contributed by atoms with Crippen LogP contribution < -0.4 is 10.6 Å². The van der Waals surface area contributed by atoms with Crippen molar-refractivity contribution in [1.29, 1.82) is 0 Å². The van der Waals surface area contributed by atoms with Crippen LogP contribution in [0.3, 0.4) is 0 Å². The first-order chi connectivity index (χ1) is 6.83. The fourth-order valence-electron chi connectivity index (χ4n) is 1.57. The average molecular weight is 199 g/mol. The normalized spacial score (nSPS) is 18.1. The molecule has 0 bridgehead atoms. The van der Waals surface area contributed by atoms with Crippen LogP contribution in [-0.4, -0.2) is 38.3 Å². The molecule has 0 aliphatic carbocycles. The Balaban J connectivity index is 1.99. The van der Waals surface area contributed by atoms with Crippen molar-refractivity contribution in [3.8, 4) is 0 Å². The molecule has 0 aromatic rings. The second kappa shape index (κ2) is 6.79. The third-order valence-electron chi connectivity index (χ3n) is 2.34. The molecule has 1 radical (unpaired) electrons. The Labute approximate surface area is 85.4 Å². The van der Waals surface area contributed by atoms with E-state index in [0.29, 0.717) is 19.1 Å². The van der Waals surface area contributed by atoms with Crippen LogP contribution in [-0.2, 0) is 9.53 Å². The van der Waals surface area contributed by atoms with Crippen molar-refractivity contribution in [2.45, 2.75) is 32.2 Å². The second-order valence-corrected chi connectivity index (χ2v) is 3.45. The highest BCUT2D eigenvalue weighted by molar-refractivity contribution is 5.69. The van der Waals surface area contributed by atoms with Gasteiger partial charge in [-0.15, -0.1) is 0 Å². The van der Waals surface area contributed by atoms with Gasteiger partial charge in [-0.05, 0) is 19.8 Å². The van der Waals surface area contributed by atoms with Gasteiger partial charge in [0.25, 0.3) is 0 Å². The van der Waals surface area contributed by atoms with Crippen molar-refractivity contribution in [1.82, 2.24) is 10.6 Å². The van der Waals surface area contributed by atoms with Gasteiger partial charge >= 0.3 is 5.97 Å². The van der Waals surface area contributed by atoms with Gasteiger partial charge in [0, 0.05) is 25.7 Å². The van der Waals surface area contributed by atoms with E-state index in [0.717, 1.165) is 32.5 Å². The van der Waals surface area contributed by atoms with Crippen molar-refractivity contribution in [3.05, 3.63) is 0 Å². The zero-order valence-corrected chi connectivity index (χ0v) is 8.79. The van der Waals surface area contributed by atoms with E-state index in [-0.39, 0.29) is 5.97 Å². The third kappa shape index (κ3) is 4.58. The lowest BCUT2D eigenvalue weighted by Gasteiger charge is -2.22. The summed E-state index contributed by atoms with van der Waals surface area (Å²) in [6.45, 7) is 4.94. The molecular weight excluding hydrogens is 180 g/mol. The van der Waals surface area contributed by atoms with E-state index in [1.165, 1.54) is 0 Å². The van der Waals surface area contributed by atoms with Crippen molar-refractivity contribution in [2.24, 2.45) is 0 Å². The van der Waals surface area contributed by atoms with E-state index in [4.69, 9.17) is 4.74 Å². The Morgan fingerprint density at radius 3 is 2.86 bits per heavy atom. The van der Waals surface area contributed by atoms with Crippen LogP contribution in [0.1, 0.15) is 26.2 Å². The van der Waals surface area contributed by atoms with Crippen LogP contribution in [0.5, 0.6) is 0 Å². The zero-order valence-electron chi connectivity index (χ0n) is 8.79. The minimum absolute atomic E-state index is 0.111. The van der Waals surface area contributed by atoms with Crippen LogP contribution in [0.25, 0.3) is 0 Å². The SMILES string of the molecule is CCOC(=O)CCNC1CC[N]CC1. The molecular formula is C10H19N2O2. The van der Waals surface area contributed by atoms with Crippen molar-refractivity contribution >= 4 is 5.97 Å². The quantitative estimate of drug-likeness (QED) is 0.648.